The maximum absolute atomic E-state index is 12.9. The average molecular weight is 383 g/mol. The van der Waals surface area contributed by atoms with E-state index >= 15 is 0 Å². The lowest BCUT2D eigenvalue weighted by Crippen LogP contribution is -2.50. The minimum absolute atomic E-state index is 0.0907. The molecule has 28 heavy (non-hydrogen) atoms. The Bertz CT molecular complexity index is 772. The van der Waals surface area contributed by atoms with Crippen molar-refractivity contribution in [2.45, 2.75) is 32.1 Å². The minimum atomic E-state index is -0.267. The number of carbonyl (C=O) groups is 2. The lowest BCUT2D eigenvalue weighted by Gasteiger charge is -2.35. The fraction of sp³-hybridized carbons (Fsp3) is 0.409. The van der Waals surface area contributed by atoms with Gasteiger partial charge in [-0.05, 0) is 48.6 Å². The number of hydrogen-bond acceptors (Lipinski definition) is 3. The lowest BCUT2D eigenvalue weighted by atomic mass is 10.1. The highest BCUT2D eigenvalue weighted by molar-refractivity contribution is 5.78. The van der Waals surface area contributed by atoms with Crippen LogP contribution >= 0.6 is 0 Å². The van der Waals surface area contributed by atoms with Gasteiger partial charge >= 0.3 is 0 Å². The van der Waals surface area contributed by atoms with Crippen LogP contribution in [0, 0.1) is 5.82 Å². The van der Waals surface area contributed by atoms with Gasteiger partial charge in [0.05, 0.1) is 0 Å². The molecule has 1 aliphatic heterocycles. The van der Waals surface area contributed by atoms with Crippen LogP contribution in [0.4, 0.5) is 4.39 Å². The van der Waals surface area contributed by atoms with Crippen LogP contribution in [0.3, 0.4) is 0 Å². The molecule has 0 radical (unpaired) electrons. The third kappa shape index (κ3) is 5.87. The molecule has 0 unspecified atom stereocenters. The van der Waals surface area contributed by atoms with Crippen LogP contribution in [0.15, 0.2) is 48.8 Å². The molecular formula is C22H26FN3O2. The first kappa shape index (κ1) is 20.0. The summed E-state index contributed by atoms with van der Waals surface area (Å²) in [4.78, 5) is 32.5. The minimum Gasteiger partial charge on any atom is -0.339 e. The Hall–Kier alpha value is -2.76. The fourth-order valence-corrected chi connectivity index (χ4v) is 3.41. The Labute approximate surface area is 165 Å². The number of piperazine rings is 1. The van der Waals surface area contributed by atoms with E-state index in [1.165, 1.54) is 12.1 Å². The van der Waals surface area contributed by atoms with Gasteiger partial charge in [0.25, 0.3) is 0 Å². The molecule has 1 saturated heterocycles. The summed E-state index contributed by atoms with van der Waals surface area (Å²) in [5, 5.41) is 0. The van der Waals surface area contributed by atoms with Crippen molar-refractivity contribution in [2.24, 2.45) is 0 Å². The Kier molecular flexibility index (Phi) is 7.12. The molecule has 1 fully saturated rings. The molecule has 0 spiro atoms. The van der Waals surface area contributed by atoms with Crippen molar-refractivity contribution in [3.8, 4) is 0 Å². The first-order valence-corrected chi connectivity index (χ1v) is 9.81. The van der Waals surface area contributed by atoms with Crippen LogP contribution in [0.2, 0.25) is 0 Å². The van der Waals surface area contributed by atoms with Gasteiger partial charge in [0, 0.05) is 51.4 Å². The van der Waals surface area contributed by atoms with E-state index in [-0.39, 0.29) is 17.6 Å². The number of pyridine rings is 1. The molecule has 6 heteroatoms. The predicted molar refractivity (Wildman–Crippen MR) is 105 cm³/mol. The van der Waals surface area contributed by atoms with Gasteiger partial charge in [-0.15, -0.1) is 0 Å². The first-order valence-electron chi connectivity index (χ1n) is 9.81. The molecule has 0 bridgehead atoms. The molecule has 2 amide bonds. The van der Waals surface area contributed by atoms with Gasteiger partial charge in [0.1, 0.15) is 5.82 Å². The van der Waals surface area contributed by atoms with E-state index in [4.69, 9.17) is 0 Å². The van der Waals surface area contributed by atoms with E-state index in [0.29, 0.717) is 45.4 Å². The Morgan fingerprint density at radius 2 is 1.50 bits per heavy atom. The van der Waals surface area contributed by atoms with Crippen molar-refractivity contribution in [3.05, 3.63) is 65.7 Å². The van der Waals surface area contributed by atoms with Gasteiger partial charge in [-0.25, -0.2) is 4.39 Å². The third-order valence-corrected chi connectivity index (χ3v) is 5.10. The van der Waals surface area contributed by atoms with Gasteiger partial charge in [-0.3, -0.25) is 14.6 Å². The van der Waals surface area contributed by atoms with Crippen molar-refractivity contribution in [3.63, 3.8) is 0 Å². The topological polar surface area (TPSA) is 53.5 Å². The molecular weight excluding hydrogens is 357 g/mol. The number of benzene rings is 1. The van der Waals surface area contributed by atoms with E-state index in [9.17, 15) is 14.0 Å². The summed E-state index contributed by atoms with van der Waals surface area (Å²) in [6, 6.07) is 10.2. The van der Waals surface area contributed by atoms with Crippen LogP contribution in [0.25, 0.3) is 0 Å². The molecule has 0 aliphatic carbocycles. The summed E-state index contributed by atoms with van der Waals surface area (Å²) >= 11 is 0. The van der Waals surface area contributed by atoms with E-state index < -0.39 is 0 Å². The molecule has 2 aromatic rings. The zero-order valence-corrected chi connectivity index (χ0v) is 16.0. The SMILES string of the molecule is O=C(CCCc1cccnc1)N1CCN(C(=O)CCc2ccc(F)cc2)CC1. The smallest absolute Gasteiger partial charge is 0.223 e. The Morgan fingerprint density at radius 3 is 2.11 bits per heavy atom. The number of carbonyl (C=O) groups excluding carboxylic acids is 2. The molecule has 0 N–H and O–H groups in total. The quantitative estimate of drug-likeness (QED) is 0.739. The highest BCUT2D eigenvalue weighted by Gasteiger charge is 2.23. The number of nitrogens with zero attached hydrogens (tertiary/aromatic N) is 3. The van der Waals surface area contributed by atoms with E-state index in [1.54, 1.807) is 18.3 Å². The molecule has 5 nitrogen and oxygen atoms in total. The second-order valence-corrected chi connectivity index (χ2v) is 7.10. The number of amides is 2. The highest BCUT2D eigenvalue weighted by Crippen LogP contribution is 2.11. The molecule has 1 aromatic heterocycles. The normalized spacial score (nSPS) is 14.2. The maximum atomic E-state index is 12.9. The van der Waals surface area contributed by atoms with Crippen LogP contribution in [-0.4, -0.2) is 52.8 Å². The van der Waals surface area contributed by atoms with Gasteiger partial charge in [0.2, 0.25) is 11.8 Å². The second-order valence-electron chi connectivity index (χ2n) is 7.10. The standard InChI is InChI=1S/C22H26FN3O2/c23-20-9-6-18(7-10-20)8-11-22(28)26-15-13-25(14-16-26)21(27)5-1-3-19-4-2-12-24-17-19/h2,4,6-7,9-10,12,17H,1,3,5,8,11,13-16H2. The van der Waals surface area contributed by atoms with Crippen molar-refractivity contribution in [1.29, 1.82) is 0 Å². The first-order chi connectivity index (χ1) is 13.6. The average Bonchev–Trinajstić information content (AvgIpc) is 2.74. The molecule has 2 heterocycles. The molecule has 148 valence electrons. The maximum Gasteiger partial charge on any atom is 0.223 e. The second kappa shape index (κ2) is 9.97. The van der Waals surface area contributed by atoms with Crippen LogP contribution in [0.1, 0.15) is 30.4 Å². The number of aryl methyl sites for hydroxylation is 2. The number of rotatable bonds is 7. The predicted octanol–water partition coefficient (Wildman–Crippen LogP) is 2.85. The van der Waals surface area contributed by atoms with Crippen molar-refractivity contribution in [1.82, 2.24) is 14.8 Å². The monoisotopic (exact) mass is 383 g/mol. The van der Waals surface area contributed by atoms with Crippen molar-refractivity contribution < 1.29 is 14.0 Å². The molecule has 1 aliphatic rings. The zero-order chi connectivity index (χ0) is 19.8. The Morgan fingerprint density at radius 1 is 0.857 bits per heavy atom. The van der Waals surface area contributed by atoms with Crippen molar-refractivity contribution in [2.75, 3.05) is 26.2 Å². The third-order valence-electron chi connectivity index (χ3n) is 5.10. The summed E-state index contributed by atoms with van der Waals surface area (Å²) in [5.41, 5.74) is 2.10. The van der Waals surface area contributed by atoms with E-state index in [0.717, 1.165) is 24.0 Å². The summed E-state index contributed by atoms with van der Waals surface area (Å²) in [6.07, 6.45) is 6.77. The molecule has 0 atom stereocenters. The highest BCUT2D eigenvalue weighted by atomic mass is 19.1. The summed E-state index contributed by atoms with van der Waals surface area (Å²) in [5.74, 6) is -0.0217. The van der Waals surface area contributed by atoms with Gasteiger partial charge < -0.3 is 9.80 Å². The summed E-state index contributed by atoms with van der Waals surface area (Å²) in [6.45, 7) is 2.34. The van der Waals surface area contributed by atoms with Gasteiger partial charge in [0.15, 0.2) is 0 Å². The van der Waals surface area contributed by atoms with Crippen LogP contribution < -0.4 is 0 Å². The largest absolute Gasteiger partial charge is 0.339 e. The van der Waals surface area contributed by atoms with Gasteiger partial charge in [-0.2, -0.15) is 0 Å². The number of hydrogen-bond donors (Lipinski definition) is 0. The molecule has 3 rings (SSSR count). The molecule has 0 saturated carbocycles. The number of halogens is 1. The van der Waals surface area contributed by atoms with E-state index in [1.807, 2.05) is 28.1 Å². The number of aromatic nitrogens is 1. The van der Waals surface area contributed by atoms with Crippen LogP contribution in [0.5, 0.6) is 0 Å². The van der Waals surface area contributed by atoms with Gasteiger partial charge in [-0.1, -0.05) is 18.2 Å². The zero-order valence-electron chi connectivity index (χ0n) is 16.0. The van der Waals surface area contributed by atoms with Crippen molar-refractivity contribution >= 4 is 11.8 Å². The molecule has 1 aromatic carbocycles. The lowest BCUT2D eigenvalue weighted by molar-refractivity contribution is -0.139. The Balaban J connectivity index is 1.35. The van der Waals surface area contributed by atoms with E-state index in [2.05, 4.69) is 4.98 Å². The summed E-state index contributed by atoms with van der Waals surface area (Å²) < 4.78 is 12.9. The fourth-order valence-electron chi connectivity index (χ4n) is 3.41. The summed E-state index contributed by atoms with van der Waals surface area (Å²) in [7, 11) is 0. The van der Waals surface area contributed by atoms with Crippen LogP contribution in [-0.2, 0) is 22.4 Å².